The van der Waals surface area contributed by atoms with Gasteiger partial charge in [0.1, 0.15) is 0 Å². The van der Waals surface area contributed by atoms with Gasteiger partial charge >= 0.3 is 0 Å². The van der Waals surface area contributed by atoms with Crippen molar-refractivity contribution in [2.45, 2.75) is 142 Å². The summed E-state index contributed by atoms with van der Waals surface area (Å²) in [5.41, 5.74) is 1.22. The van der Waals surface area contributed by atoms with Crippen molar-refractivity contribution in [2.75, 3.05) is 6.61 Å². The molecule has 34 heavy (non-hydrogen) atoms. The van der Waals surface area contributed by atoms with Crippen molar-refractivity contribution >= 4 is 16.6 Å². The SMILES string of the molecule is CCCCCC[C@@H](O[Si](C)(C)C(C)(C)C)[C@@H](CCOCc1ccccc1)O[Si](C)(C)C(C)(C)C. The average molecular weight is 509 g/mol. The van der Waals surface area contributed by atoms with Gasteiger partial charge in [-0.05, 0) is 54.7 Å². The van der Waals surface area contributed by atoms with Gasteiger partial charge in [-0.25, -0.2) is 0 Å². The van der Waals surface area contributed by atoms with Crippen LogP contribution in [0.1, 0.15) is 92.6 Å². The molecule has 0 aromatic heterocycles. The van der Waals surface area contributed by atoms with Crippen molar-refractivity contribution in [3.8, 4) is 0 Å². The van der Waals surface area contributed by atoms with Gasteiger partial charge in [0.05, 0.1) is 18.8 Å². The highest BCUT2D eigenvalue weighted by molar-refractivity contribution is 6.74. The Balaban J connectivity index is 3.06. The summed E-state index contributed by atoms with van der Waals surface area (Å²) in [6, 6.07) is 10.4. The minimum atomic E-state index is -1.95. The highest BCUT2D eigenvalue weighted by atomic mass is 28.4. The molecular formula is C29H56O3Si2. The second-order valence-corrected chi connectivity index (χ2v) is 22.5. The van der Waals surface area contributed by atoms with Crippen LogP contribution in [0.4, 0.5) is 0 Å². The van der Waals surface area contributed by atoms with E-state index in [-0.39, 0.29) is 22.3 Å². The van der Waals surface area contributed by atoms with E-state index in [1.54, 1.807) is 0 Å². The van der Waals surface area contributed by atoms with E-state index in [4.69, 9.17) is 13.6 Å². The maximum atomic E-state index is 7.10. The summed E-state index contributed by atoms with van der Waals surface area (Å²) < 4.78 is 20.3. The minimum absolute atomic E-state index is 0.0763. The number of benzene rings is 1. The average Bonchev–Trinajstić information content (AvgIpc) is 2.71. The van der Waals surface area contributed by atoms with E-state index in [0.29, 0.717) is 13.2 Å². The van der Waals surface area contributed by atoms with Crippen molar-refractivity contribution in [2.24, 2.45) is 0 Å². The Morgan fingerprint density at radius 1 is 0.706 bits per heavy atom. The first-order valence-electron chi connectivity index (χ1n) is 13.6. The molecule has 0 amide bonds. The second-order valence-electron chi connectivity index (χ2n) is 13.0. The first-order valence-corrected chi connectivity index (χ1v) is 19.4. The monoisotopic (exact) mass is 508 g/mol. The molecule has 0 fully saturated rings. The molecule has 1 rings (SSSR count). The lowest BCUT2D eigenvalue weighted by atomic mass is 10.0. The van der Waals surface area contributed by atoms with Gasteiger partial charge < -0.3 is 13.6 Å². The van der Waals surface area contributed by atoms with E-state index in [2.05, 4.69) is 98.9 Å². The fraction of sp³-hybridized carbons (Fsp3) is 0.793. The van der Waals surface area contributed by atoms with Crippen LogP contribution in [0.15, 0.2) is 30.3 Å². The van der Waals surface area contributed by atoms with Crippen molar-refractivity contribution in [1.29, 1.82) is 0 Å². The summed E-state index contributed by atoms with van der Waals surface area (Å²) in [7, 11) is -3.88. The first kappa shape index (κ1) is 31.6. The summed E-state index contributed by atoms with van der Waals surface area (Å²) in [4.78, 5) is 0. The highest BCUT2D eigenvalue weighted by Crippen LogP contribution is 2.41. The molecule has 0 unspecified atom stereocenters. The molecule has 0 aliphatic carbocycles. The zero-order chi connectivity index (χ0) is 26.0. The van der Waals surface area contributed by atoms with E-state index in [1.165, 1.54) is 31.2 Å². The summed E-state index contributed by atoms with van der Waals surface area (Å²) in [6.07, 6.45) is 7.18. The largest absolute Gasteiger partial charge is 0.411 e. The van der Waals surface area contributed by atoms with E-state index < -0.39 is 16.6 Å². The Hall–Kier alpha value is -0.466. The third-order valence-electron chi connectivity index (χ3n) is 7.92. The number of rotatable bonds is 15. The Morgan fingerprint density at radius 3 is 1.68 bits per heavy atom. The lowest BCUT2D eigenvalue weighted by Gasteiger charge is -2.45. The third-order valence-corrected chi connectivity index (χ3v) is 16.9. The predicted molar refractivity (Wildman–Crippen MR) is 154 cm³/mol. The van der Waals surface area contributed by atoms with Crippen LogP contribution in [0.2, 0.25) is 36.3 Å². The normalized spacial score (nSPS) is 15.4. The molecular weight excluding hydrogens is 452 g/mol. The predicted octanol–water partition coefficient (Wildman–Crippen LogP) is 9.34. The van der Waals surface area contributed by atoms with Crippen LogP contribution in [0.3, 0.4) is 0 Å². The Morgan fingerprint density at radius 2 is 1.21 bits per heavy atom. The van der Waals surface area contributed by atoms with E-state index in [0.717, 1.165) is 12.8 Å². The van der Waals surface area contributed by atoms with Gasteiger partial charge in [0.15, 0.2) is 16.6 Å². The van der Waals surface area contributed by atoms with Crippen LogP contribution >= 0.6 is 0 Å². The molecule has 0 aliphatic rings. The smallest absolute Gasteiger partial charge is 0.192 e. The van der Waals surface area contributed by atoms with Crippen LogP contribution in [0.5, 0.6) is 0 Å². The molecule has 0 heterocycles. The summed E-state index contributed by atoms with van der Waals surface area (Å²) in [5.74, 6) is 0. The maximum absolute atomic E-state index is 7.10. The van der Waals surface area contributed by atoms with E-state index in [9.17, 15) is 0 Å². The van der Waals surface area contributed by atoms with Gasteiger partial charge in [-0.15, -0.1) is 0 Å². The third kappa shape index (κ3) is 10.7. The molecule has 0 spiro atoms. The molecule has 5 heteroatoms. The Kier molecular flexibility index (Phi) is 12.7. The number of hydrogen-bond acceptors (Lipinski definition) is 3. The first-order chi connectivity index (χ1) is 15.6. The van der Waals surface area contributed by atoms with Crippen LogP contribution in [0.25, 0.3) is 0 Å². The Bertz CT molecular complexity index is 675. The van der Waals surface area contributed by atoms with Gasteiger partial charge in [0.2, 0.25) is 0 Å². The molecule has 2 atom stereocenters. The lowest BCUT2D eigenvalue weighted by molar-refractivity contribution is 0.00193. The summed E-state index contributed by atoms with van der Waals surface area (Å²) in [6.45, 7) is 27.1. The molecule has 3 nitrogen and oxygen atoms in total. The molecule has 0 radical (unpaired) electrons. The van der Waals surface area contributed by atoms with E-state index in [1.807, 2.05) is 6.07 Å². The minimum Gasteiger partial charge on any atom is -0.411 e. The summed E-state index contributed by atoms with van der Waals surface area (Å²) in [5, 5.41) is 0.347. The van der Waals surface area contributed by atoms with Gasteiger partial charge in [0, 0.05) is 6.61 Å². The highest BCUT2D eigenvalue weighted by Gasteiger charge is 2.44. The Labute approximate surface area is 214 Å². The summed E-state index contributed by atoms with van der Waals surface area (Å²) >= 11 is 0. The fourth-order valence-corrected chi connectivity index (χ4v) is 6.25. The van der Waals surface area contributed by atoms with E-state index >= 15 is 0 Å². The van der Waals surface area contributed by atoms with Crippen LogP contribution < -0.4 is 0 Å². The maximum Gasteiger partial charge on any atom is 0.192 e. The quantitative estimate of drug-likeness (QED) is 0.174. The molecule has 198 valence electrons. The molecule has 1 aromatic carbocycles. The van der Waals surface area contributed by atoms with Crippen LogP contribution in [-0.4, -0.2) is 35.4 Å². The van der Waals surface area contributed by atoms with Crippen molar-refractivity contribution in [3.63, 3.8) is 0 Å². The van der Waals surface area contributed by atoms with Gasteiger partial charge in [-0.1, -0.05) is 104 Å². The van der Waals surface area contributed by atoms with Crippen LogP contribution in [-0.2, 0) is 20.2 Å². The number of unbranched alkanes of at least 4 members (excludes halogenated alkanes) is 3. The van der Waals surface area contributed by atoms with Crippen LogP contribution in [0, 0.1) is 0 Å². The zero-order valence-electron chi connectivity index (χ0n) is 24.4. The zero-order valence-corrected chi connectivity index (χ0v) is 26.4. The van der Waals surface area contributed by atoms with Gasteiger partial charge in [0.25, 0.3) is 0 Å². The van der Waals surface area contributed by atoms with Crippen molar-refractivity contribution < 1.29 is 13.6 Å². The fourth-order valence-electron chi connectivity index (χ4n) is 3.49. The number of ether oxygens (including phenoxy) is 1. The van der Waals surface area contributed by atoms with Gasteiger partial charge in [-0.2, -0.15) is 0 Å². The van der Waals surface area contributed by atoms with Crippen molar-refractivity contribution in [1.82, 2.24) is 0 Å². The standard InChI is InChI=1S/C29H56O3Si2/c1-12-13-14-18-21-26(31-33(8,9)28(2,3)4)27(32-34(10,11)29(5,6)7)22-23-30-24-25-19-16-15-17-20-25/h15-17,19-20,26-27H,12-14,18,21-24H2,1-11H3/t26-,27-/m1/s1. The second kappa shape index (κ2) is 13.7. The lowest BCUT2D eigenvalue weighted by Crippen LogP contribution is -2.52. The molecule has 0 bridgehead atoms. The molecule has 0 saturated heterocycles. The number of hydrogen-bond donors (Lipinski definition) is 0. The molecule has 0 aliphatic heterocycles. The molecule has 0 saturated carbocycles. The van der Waals surface area contributed by atoms with Gasteiger partial charge in [-0.3, -0.25) is 0 Å². The molecule has 0 N–H and O–H groups in total. The topological polar surface area (TPSA) is 27.7 Å². The molecule has 1 aromatic rings. The van der Waals surface area contributed by atoms with Crippen molar-refractivity contribution in [3.05, 3.63) is 35.9 Å².